The fourth-order valence-corrected chi connectivity index (χ4v) is 1.56. The Balaban J connectivity index is 2.60. The Hall–Kier alpha value is -1.95. The van der Waals surface area contributed by atoms with Crippen molar-refractivity contribution in [3.63, 3.8) is 0 Å². The van der Waals surface area contributed by atoms with Crippen LogP contribution in [0, 0.1) is 5.82 Å². The van der Waals surface area contributed by atoms with Crippen LogP contribution in [0.15, 0.2) is 18.2 Å². The zero-order chi connectivity index (χ0) is 14.3. The number of hydrogen-bond acceptors (Lipinski definition) is 4. The number of amides is 1. The van der Waals surface area contributed by atoms with Gasteiger partial charge in [-0.2, -0.15) is 0 Å². The minimum Gasteiger partial charge on any atom is -0.383 e. The van der Waals surface area contributed by atoms with Crippen LogP contribution in [0.5, 0.6) is 0 Å². The number of nitrogens with zero attached hydrogens (tertiary/aromatic N) is 1. The lowest BCUT2D eigenvalue weighted by molar-refractivity contribution is -0.119. The van der Waals surface area contributed by atoms with Gasteiger partial charge in [-0.3, -0.25) is 9.59 Å². The van der Waals surface area contributed by atoms with E-state index in [4.69, 9.17) is 4.74 Å². The summed E-state index contributed by atoms with van der Waals surface area (Å²) >= 11 is 0. The van der Waals surface area contributed by atoms with Crippen LogP contribution in [-0.4, -0.2) is 46.0 Å². The molecule has 0 aliphatic carbocycles. The molecule has 1 aromatic carbocycles. The van der Waals surface area contributed by atoms with E-state index in [-0.39, 0.29) is 23.7 Å². The topological polar surface area (TPSA) is 58.6 Å². The van der Waals surface area contributed by atoms with Crippen molar-refractivity contribution in [1.29, 1.82) is 0 Å². The lowest BCUT2D eigenvalue weighted by atomic mass is 10.2. The Bertz CT molecular complexity index is 452. The molecule has 0 radical (unpaired) electrons. The number of rotatable bonds is 7. The van der Waals surface area contributed by atoms with Crippen molar-refractivity contribution in [2.75, 3.05) is 38.8 Å². The largest absolute Gasteiger partial charge is 0.383 e. The fourth-order valence-electron chi connectivity index (χ4n) is 1.56. The number of anilines is 1. The van der Waals surface area contributed by atoms with Gasteiger partial charge >= 0.3 is 0 Å². The van der Waals surface area contributed by atoms with Crippen molar-refractivity contribution in [1.82, 2.24) is 5.32 Å². The number of methoxy groups -OCH3 is 1. The van der Waals surface area contributed by atoms with Gasteiger partial charge in [-0.25, -0.2) is 4.39 Å². The normalized spacial score (nSPS) is 10.1. The number of hydrogen-bond donors (Lipinski definition) is 1. The van der Waals surface area contributed by atoms with E-state index in [0.717, 1.165) is 6.07 Å². The third-order valence-electron chi connectivity index (χ3n) is 2.53. The predicted molar refractivity (Wildman–Crippen MR) is 69.9 cm³/mol. The number of carbonyl (C=O) groups is 2. The molecule has 1 aromatic rings. The number of aldehydes is 1. The highest BCUT2D eigenvalue weighted by molar-refractivity contribution is 5.81. The fraction of sp³-hybridized carbons (Fsp3) is 0.385. The van der Waals surface area contributed by atoms with Gasteiger partial charge in [0.15, 0.2) is 0 Å². The first kappa shape index (κ1) is 15.1. The predicted octanol–water partition coefficient (Wildman–Crippen LogP) is 0.837. The van der Waals surface area contributed by atoms with Gasteiger partial charge in [0.25, 0.3) is 0 Å². The maximum Gasteiger partial charge on any atom is 0.239 e. The van der Waals surface area contributed by atoms with Crippen molar-refractivity contribution in [2.45, 2.75) is 0 Å². The summed E-state index contributed by atoms with van der Waals surface area (Å²) in [6.07, 6.45) is 0.574. The highest BCUT2D eigenvalue weighted by Gasteiger charge is 2.11. The first-order valence-corrected chi connectivity index (χ1v) is 5.80. The molecule has 104 valence electrons. The minimum atomic E-state index is -0.531. The molecule has 0 fully saturated rings. The standard InChI is InChI=1S/C13H17FN2O3/c1-16(8-13(18)15-5-6-19-2)12-4-3-10(9-17)7-11(12)14/h3-4,7,9H,5-6,8H2,1-2H3,(H,15,18). The molecule has 0 unspecified atom stereocenters. The first-order chi connectivity index (χ1) is 9.08. The highest BCUT2D eigenvalue weighted by Crippen LogP contribution is 2.18. The molecule has 0 saturated carbocycles. The van der Waals surface area contributed by atoms with Gasteiger partial charge in [-0.05, 0) is 18.2 Å². The number of ether oxygens (including phenoxy) is 1. The summed E-state index contributed by atoms with van der Waals surface area (Å²) in [5, 5.41) is 2.64. The number of halogens is 1. The molecule has 0 heterocycles. The van der Waals surface area contributed by atoms with E-state index >= 15 is 0 Å². The van der Waals surface area contributed by atoms with Crippen molar-refractivity contribution in [3.05, 3.63) is 29.6 Å². The lowest BCUT2D eigenvalue weighted by Crippen LogP contribution is -2.37. The van der Waals surface area contributed by atoms with E-state index in [9.17, 15) is 14.0 Å². The van der Waals surface area contributed by atoms with Gasteiger partial charge in [-0.1, -0.05) is 0 Å². The molecule has 0 atom stereocenters. The second-order valence-corrected chi connectivity index (χ2v) is 4.03. The Morgan fingerprint density at radius 2 is 2.26 bits per heavy atom. The summed E-state index contributed by atoms with van der Waals surface area (Å²) in [5.74, 6) is -0.754. The van der Waals surface area contributed by atoms with Crippen LogP contribution in [0.4, 0.5) is 10.1 Å². The smallest absolute Gasteiger partial charge is 0.239 e. The minimum absolute atomic E-state index is 0.0288. The van der Waals surface area contributed by atoms with Crippen molar-refractivity contribution >= 4 is 17.9 Å². The van der Waals surface area contributed by atoms with E-state index in [1.54, 1.807) is 14.2 Å². The molecule has 6 heteroatoms. The zero-order valence-electron chi connectivity index (χ0n) is 11.0. The summed E-state index contributed by atoms with van der Waals surface area (Å²) in [4.78, 5) is 23.5. The van der Waals surface area contributed by atoms with Crippen LogP contribution in [0.25, 0.3) is 0 Å². The van der Waals surface area contributed by atoms with Crippen LogP contribution in [0.1, 0.15) is 10.4 Å². The molecule has 0 saturated heterocycles. The quantitative estimate of drug-likeness (QED) is 0.588. The van der Waals surface area contributed by atoms with Crippen LogP contribution in [0.3, 0.4) is 0 Å². The summed E-state index contributed by atoms with van der Waals surface area (Å²) in [6.45, 7) is 0.870. The van der Waals surface area contributed by atoms with Gasteiger partial charge in [0, 0.05) is 26.3 Å². The summed E-state index contributed by atoms with van der Waals surface area (Å²) < 4.78 is 18.5. The zero-order valence-corrected chi connectivity index (χ0v) is 11.0. The van der Waals surface area contributed by atoms with E-state index in [1.807, 2.05) is 0 Å². The average Bonchev–Trinajstić information content (AvgIpc) is 2.38. The monoisotopic (exact) mass is 268 g/mol. The van der Waals surface area contributed by atoms with Crippen LogP contribution in [0.2, 0.25) is 0 Å². The van der Waals surface area contributed by atoms with Crippen molar-refractivity contribution < 1.29 is 18.7 Å². The molecule has 0 aliphatic rings. The Morgan fingerprint density at radius 1 is 1.53 bits per heavy atom. The Morgan fingerprint density at radius 3 is 2.84 bits per heavy atom. The van der Waals surface area contributed by atoms with Crippen molar-refractivity contribution in [2.24, 2.45) is 0 Å². The summed E-state index contributed by atoms with van der Waals surface area (Å²) in [7, 11) is 3.15. The molecule has 1 rings (SSSR count). The summed E-state index contributed by atoms with van der Waals surface area (Å²) in [5.41, 5.74) is 0.534. The molecule has 0 aromatic heterocycles. The molecule has 0 spiro atoms. The van der Waals surface area contributed by atoms with E-state index in [0.29, 0.717) is 19.4 Å². The SMILES string of the molecule is COCCNC(=O)CN(C)c1ccc(C=O)cc1F. The van der Waals surface area contributed by atoms with Gasteiger partial charge < -0.3 is 15.0 Å². The third-order valence-corrected chi connectivity index (χ3v) is 2.53. The number of benzene rings is 1. The molecular formula is C13H17FN2O3. The highest BCUT2D eigenvalue weighted by atomic mass is 19.1. The maximum atomic E-state index is 13.7. The van der Waals surface area contributed by atoms with E-state index in [1.165, 1.54) is 17.0 Å². The molecule has 1 N–H and O–H groups in total. The molecule has 19 heavy (non-hydrogen) atoms. The second kappa shape index (κ2) is 7.48. The second-order valence-electron chi connectivity index (χ2n) is 4.03. The van der Waals surface area contributed by atoms with Gasteiger partial charge in [0.05, 0.1) is 18.8 Å². The van der Waals surface area contributed by atoms with Crippen LogP contribution >= 0.6 is 0 Å². The third kappa shape index (κ3) is 4.67. The Kier molecular flexibility index (Phi) is 5.95. The molecule has 0 aliphatic heterocycles. The maximum absolute atomic E-state index is 13.7. The molecule has 5 nitrogen and oxygen atoms in total. The van der Waals surface area contributed by atoms with Crippen LogP contribution < -0.4 is 10.2 Å². The Labute approximate surface area is 111 Å². The number of nitrogens with one attached hydrogen (secondary N) is 1. The lowest BCUT2D eigenvalue weighted by Gasteiger charge is -2.19. The van der Waals surface area contributed by atoms with Crippen LogP contribution in [-0.2, 0) is 9.53 Å². The van der Waals surface area contributed by atoms with Gasteiger partial charge in [0.1, 0.15) is 12.1 Å². The van der Waals surface area contributed by atoms with Crippen molar-refractivity contribution in [3.8, 4) is 0 Å². The molecule has 1 amide bonds. The van der Waals surface area contributed by atoms with E-state index in [2.05, 4.69) is 5.32 Å². The first-order valence-electron chi connectivity index (χ1n) is 5.80. The molecular weight excluding hydrogens is 251 g/mol. The number of likely N-dealkylation sites (N-methyl/N-ethyl adjacent to an activating group) is 1. The summed E-state index contributed by atoms with van der Waals surface area (Å²) in [6, 6.07) is 4.12. The van der Waals surface area contributed by atoms with Gasteiger partial charge in [-0.15, -0.1) is 0 Å². The van der Waals surface area contributed by atoms with Gasteiger partial charge in [0.2, 0.25) is 5.91 Å². The number of carbonyl (C=O) groups excluding carboxylic acids is 2. The molecule has 0 bridgehead atoms. The average molecular weight is 268 g/mol. The van der Waals surface area contributed by atoms with E-state index < -0.39 is 5.82 Å².